The Morgan fingerprint density at radius 3 is 2.65 bits per heavy atom. The predicted octanol–water partition coefficient (Wildman–Crippen LogP) is 3.36. The summed E-state index contributed by atoms with van der Waals surface area (Å²) in [7, 11) is 0. The van der Waals surface area contributed by atoms with Gasteiger partial charge in [-0.05, 0) is 40.2 Å². The standard InChI is InChI=1S/C10H7BrClFN4/c11-6-3-5(13)4-7(12)10(6)15-9-2-1-8(14)16-17-9/h1-4H,(H2,14,16)(H,15,17). The molecule has 0 aliphatic rings. The van der Waals surface area contributed by atoms with Gasteiger partial charge < -0.3 is 11.1 Å². The number of aromatic nitrogens is 2. The highest BCUT2D eigenvalue weighted by molar-refractivity contribution is 9.10. The van der Waals surface area contributed by atoms with Crippen molar-refractivity contribution in [3.8, 4) is 0 Å². The average Bonchev–Trinajstić information content (AvgIpc) is 2.26. The van der Waals surface area contributed by atoms with E-state index in [4.69, 9.17) is 17.3 Å². The fraction of sp³-hybridized carbons (Fsp3) is 0. The molecule has 0 fully saturated rings. The highest BCUT2D eigenvalue weighted by Gasteiger charge is 2.09. The minimum absolute atomic E-state index is 0.246. The van der Waals surface area contributed by atoms with Gasteiger partial charge in [-0.1, -0.05) is 11.6 Å². The predicted molar refractivity (Wildman–Crippen MR) is 68.8 cm³/mol. The van der Waals surface area contributed by atoms with Gasteiger partial charge >= 0.3 is 0 Å². The second kappa shape index (κ2) is 4.85. The summed E-state index contributed by atoms with van der Waals surface area (Å²) in [5.41, 5.74) is 5.93. The molecule has 0 bridgehead atoms. The molecule has 2 rings (SSSR count). The summed E-state index contributed by atoms with van der Waals surface area (Å²) in [6.45, 7) is 0. The van der Waals surface area contributed by atoms with Crippen molar-refractivity contribution in [3.63, 3.8) is 0 Å². The van der Waals surface area contributed by atoms with Crippen LogP contribution in [0.3, 0.4) is 0 Å². The fourth-order valence-corrected chi connectivity index (χ4v) is 2.10. The van der Waals surface area contributed by atoms with E-state index in [9.17, 15) is 4.39 Å². The summed E-state index contributed by atoms with van der Waals surface area (Å²) in [5, 5.41) is 10.7. The van der Waals surface area contributed by atoms with Crippen LogP contribution >= 0.6 is 27.5 Å². The number of nitrogens with two attached hydrogens (primary N) is 1. The molecule has 1 aromatic heterocycles. The molecular weight excluding hydrogens is 310 g/mol. The average molecular weight is 318 g/mol. The first-order chi connectivity index (χ1) is 8.06. The summed E-state index contributed by atoms with van der Waals surface area (Å²) in [5.74, 6) is 0.365. The lowest BCUT2D eigenvalue weighted by Gasteiger charge is -2.09. The zero-order chi connectivity index (χ0) is 12.4. The summed E-state index contributed by atoms with van der Waals surface area (Å²) >= 11 is 9.12. The number of nitrogens with one attached hydrogen (secondary N) is 1. The molecule has 0 aliphatic carbocycles. The van der Waals surface area contributed by atoms with Crippen LogP contribution in [-0.4, -0.2) is 10.2 Å². The summed E-state index contributed by atoms with van der Waals surface area (Å²) in [4.78, 5) is 0. The highest BCUT2D eigenvalue weighted by Crippen LogP contribution is 2.33. The van der Waals surface area contributed by atoms with Crippen LogP contribution in [0.1, 0.15) is 0 Å². The zero-order valence-electron chi connectivity index (χ0n) is 8.42. The van der Waals surface area contributed by atoms with Gasteiger partial charge in [0.15, 0.2) is 5.82 Å². The second-order valence-corrected chi connectivity index (χ2v) is 4.47. The molecule has 4 nitrogen and oxygen atoms in total. The van der Waals surface area contributed by atoms with Gasteiger partial charge in [0.2, 0.25) is 0 Å². The van der Waals surface area contributed by atoms with Gasteiger partial charge in [-0.15, -0.1) is 10.2 Å². The van der Waals surface area contributed by atoms with Gasteiger partial charge in [-0.3, -0.25) is 0 Å². The maximum atomic E-state index is 13.0. The molecule has 2 aromatic rings. The molecule has 88 valence electrons. The van der Waals surface area contributed by atoms with Crippen molar-refractivity contribution in [2.45, 2.75) is 0 Å². The van der Waals surface area contributed by atoms with Gasteiger partial charge in [0.25, 0.3) is 0 Å². The molecule has 0 saturated carbocycles. The summed E-state index contributed by atoms with van der Waals surface area (Å²) < 4.78 is 13.5. The Labute approximate surface area is 110 Å². The number of hydrogen-bond acceptors (Lipinski definition) is 4. The van der Waals surface area contributed by atoms with Gasteiger partial charge in [0.05, 0.1) is 10.7 Å². The number of halogens is 3. The number of anilines is 3. The molecule has 7 heteroatoms. The molecule has 0 amide bonds. The monoisotopic (exact) mass is 316 g/mol. The van der Waals surface area contributed by atoms with Crippen LogP contribution in [0.15, 0.2) is 28.7 Å². The van der Waals surface area contributed by atoms with E-state index in [0.29, 0.717) is 21.8 Å². The van der Waals surface area contributed by atoms with Crippen molar-refractivity contribution in [3.05, 3.63) is 39.6 Å². The number of rotatable bonds is 2. The Morgan fingerprint density at radius 1 is 1.29 bits per heavy atom. The van der Waals surface area contributed by atoms with Crippen LogP contribution in [0.25, 0.3) is 0 Å². The lowest BCUT2D eigenvalue weighted by Crippen LogP contribution is -1.99. The van der Waals surface area contributed by atoms with Crippen molar-refractivity contribution >= 4 is 44.9 Å². The van der Waals surface area contributed by atoms with Gasteiger partial charge in [0, 0.05) is 4.47 Å². The number of hydrogen-bond donors (Lipinski definition) is 2. The van der Waals surface area contributed by atoms with Crippen LogP contribution in [0.2, 0.25) is 5.02 Å². The third-order valence-corrected chi connectivity index (χ3v) is 2.87. The molecule has 3 N–H and O–H groups in total. The van der Waals surface area contributed by atoms with Crippen LogP contribution in [0.4, 0.5) is 21.7 Å². The smallest absolute Gasteiger partial charge is 0.153 e. The lowest BCUT2D eigenvalue weighted by molar-refractivity contribution is 0.627. The van der Waals surface area contributed by atoms with E-state index < -0.39 is 5.82 Å². The minimum Gasteiger partial charge on any atom is -0.382 e. The van der Waals surface area contributed by atoms with Crippen LogP contribution in [0, 0.1) is 5.82 Å². The van der Waals surface area contributed by atoms with Crippen LogP contribution in [-0.2, 0) is 0 Å². The molecule has 0 aliphatic heterocycles. The molecule has 17 heavy (non-hydrogen) atoms. The Bertz CT molecular complexity index is 523. The molecule has 0 atom stereocenters. The van der Waals surface area contributed by atoms with E-state index in [0.717, 1.165) is 0 Å². The molecule has 0 saturated heterocycles. The molecule has 0 radical (unpaired) electrons. The molecule has 0 unspecified atom stereocenters. The molecule has 1 aromatic carbocycles. The minimum atomic E-state index is -0.421. The van der Waals surface area contributed by atoms with E-state index in [2.05, 4.69) is 31.4 Å². The summed E-state index contributed by atoms with van der Waals surface area (Å²) in [6.07, 6.45) is 0. The van der Waals surface area contributed by atoms with Crippen molar-refractivity contribution in [1.29, 1.82) is 0 Å². The third kappa shape index (κ3) is 2.83. The zero-order valence-corrected chi connectivity index (χ0v) is 10.8. The normalized spacial score (nSPS) is 10.3. The quantitative estimate of drug-likeness (QED) is 0.891. The van der Waals surface area contributed by atoms with Crippen LogP contribution < -0.4 is 11.1 Å². The second-order valence-electron chi connectivity index (χ2n) is 3.21. The van der Waals surface area contributed by atoms with Crippen molar-refractivity contribution in [1.82, 2.24) is 10.2 Å². The molecule has 1 heterocycles. The molecular formula is C10H7BrClFN4. The van der Waals surface area contributed by atoms with E-state index in [1.165, 1.54) is 12.1 Å². The van der Waals surface area contributed by atoms with Gasteiger partial charge in [-0.2, -0.15) is 0 Å². The Morgan fingerprint density at radius 2 is 2.06 bits per heavy atom. The maximum Gasteiger partial charge on any atom is 0.153 e. The van der Waals surface area contributed by atoms with Crippen molar-refractivity contribution < 1.29 is 4.39 Å². The largest absolute Gasteiger partial charge is 0.382 e. The Balaban J connectivity index is 2.33. The first-order valence-corrected chi connectivity index (χ1v) is 5.74. The van der Waals surface area contributed by atoms with E-state index in [-0.39, 0.29) is 5.02 Å². The highest BCUT2D eigenvalue weighted by atomic mass is 79.9. The fourth-order valence-electron chi connectivity index (χ4n) is 1.20. The number of nitrogen functional groups attached to an aromatic ring is 1. The molecule has 0 spiro atoms. The first-order valence-electron chi connectivity index (χ1n) is 4.57. The van der Waals surface area contributed by atoms with Crippen molar-refractivity contribution in [2.75, 3.05) is 11.1 Å². The number of benzene rings is 1. The van der Waals surface area contributed by atoms with E-state index >= 15 is 0 Å². The van der Waals surface area contributed by atoms with Gasteiger partial charge in [0.1, 0.15) is 11.6 Å². The Kier molecular flexibility index (Phi) is 3.44. The first kappa shape index (κ1) is 12.1. The van der Waals surface area contributed by atoms with Crippen LogP contribution in [0.5, 0.6) is 0 Å². The lowest BCUT2D eigenvalue weighted by atomic mass is 10.3. The van der Waals surface area contributed by atoms with E-state index in [1.54, 1.807) is 12.1 Å². The van der Waals surface area contributed by atoms with Crippen molar-refractivity contribution in [2.24, 2.45) is 0 Å². The maximum absolute atomic E-state index is 13.0. The summed E-state index contributed by atoms with van der Waals surface area (Å²) in [6, 6.07) is 5.76. The van der Waals surface area contributed by atoms with E-state index in [1.807, 2.05) is 0 Å². The number of nitrogens with zero attached hydrogens (tertiary/aromatic N) is 2. The van der Waals surface area contributed by atoms with Gasteiger partial charge in [-0.25, -0.2) is 4.39 Å². The third-order valence-electron chi connectivity index (χ3n) is 1.95. The Hall–Kier alpha value is -1.40. The SMILES string of the molecule is Nc1ccc(Nc2c(Cl)cc(F)cc2Br)nn1. The topological polar surface area (TPSA) is 63.8 Å².